The number of nitrogens with one attached hydrogen (secondary N) is 1. The van der Waals surface area contributed by atoms with Crippen LogP contribution in [0.25, 0.3) is 0 Å². The maximum atomic E-state index is 13.5. The van der Waals surface area contributed by atoms with Gasteiger partial charge in [-0.1, -0.05) is 6.07 Å². The molecule has 0 aliphatic carbocycles. The monoisotopic (exact) mass is 256 g/mol. The van der Waals surface area contributed by atoms with E-state index in [2.05, 4.69) is 5.32 Å². The highest BCUT2D eigenvalue weighted by Crippen LogP contribution is 2.14. The Morgan fingerprint density at radius 1 is 1.33 bits per heavy atom. The topological polar surface area (TPSA) is 32.3 Å². The maximum Gasteiger partial charge on any atom is 0.217 e. The van der Waals surface area contributed by atoms with Crippen molar-refractivity contribution >= 4 is 5.91 Å². The van der Waals surface area contributed by atoms with Gasteiger partial charge < -0.3 is 10.2 Å². The van der Waals surface area contributed by atoms with Crippen molar-refractivity contribution in [1.82, 2.24) is 10.2 Å². The Kier molecular flexibility index (Phi) is 5.22. The second kappa shape index (κ2) is 6.44. The highest BCUT2D eigenvalue weighted by Gasteiger charge is 2.17. The Hall–Kier alpha value is -1.49. The van der Waals surface area contributed by atoms with Crippen LogP contribution in [0, 0.1) is 11.6 Å². The van der Waals surface area contributed by atoms with Crippen LogP contribution in [-0.2, 0) is 11.2 Å². The average Bonchev–Trinajstić information content (AvgIpc) is 2.21. The quantitative estimate of drug-likeness (QED) is 0.867. The Balaban J connectivity index is 2.84. The summed E-state index contributed by atoms with van der Waals surface area (Å²) in [6.45, 7) is 1.91. The van der Waals surface area contributed by atoms with E-state index in [9.17, 15) is 13.6 Å². The van der Waals surface area contributed by atoms with Crippen molar-refractivity contribution in [1.29, 1.82) is 0 Å². The lowest BCUT2D eigenvalue weighted by Gasteiger charge is -2.22. The van der Waals surface area contributed by atoms with Gasteiger partial charge in [-0.05, 0) is 32.6 Å². The molecule has 0 aromatic heterocycles. The van der Waals surface area contributed by atoms with Gasteiger partial charge in [-0.2, -0.15) is 0 Å². The molecule has 1 rings (SSSR count). The molecule has 0 aliphatic heterocycles. The number of carbonyl (C=O) groups is 1. The molecule has 1 amide bonds. The second-order valence-corrected chi connectivity index (χ2v) is 4.56. The van der Waals surface area contributed by atoms with Crippen LogP contribution in [0.15, 0.2) is 18.2 Å². The van der Waals surface area contributed by atoms with Gasteiger partial charge in [0.2, 0.25) is 5.91 Å². The van der Waals surface area contributed by atoms with E-state index >= 15 is 0 Å². The predicted molar refractivity (Wildman–Crippen MR) is 66.2 cm³/mol. The molecule has 0 aliphatic rings. The van der Waals surface area contributed by atoms with Crippen LogP contribution in [0.2, 0.25) is 0 Å². The summed E-state index contributed by atoms with van der Waals surface area (Å²) in [5.74, 6) is -1.37. The first-order valence-corrected chi connectivity index (χ1v) is 5.75. The van der Waals surface area contributed by atoms with Gasteiger partial charge in [-0.3, -0.25) is 4.79 Å². The summed E-state index contributed by atoms with van der Waals surface area (Å²) in [4.78, 5) is 12.9. The molecule has 5 heteroatoms. The third-order valence-electron chi connectivity index (χ3n) is 2.51. The van der Waals surface area contributed by atoms with Gasteiger partial charge in [-0.15, -0.1) is 0 Å². The summed E-state index contributed by atoms with van der Waals surface area (Å²) in [5, 5.41) is 2.70. The molecule has 0 saturated carbocycles. The number of hydrogen-bond acceptors (Lipinski definition) is 2. The lowest BCUT2D eigenvalue weighted by atomic mass is 10.0. The molecular weight excluding hydrogens is 238 g/mol. The van der Waals surface area contributed by atoms with Crippen molar-refractivity contribution in [2.45, 2.75) is 19.4 Å². The first-order valence-electron chi connectivity index (χ1n) is 5.75. The summed E-state index contributed by atoms with van der Waals surface area (Å²) in [6, 6.07) is 3.45. The molecule has 0 bridgehead atoms. The zero-order valence-electron chi connectivity index (χ0n) is 10.8. The van der Waals surface area contributed by atoms with Gasteiger partial charge in [0, 0.05) is 25.1 Å². The molecule has 0 spiro atoms. The maximum absolute atomic E-state index is 13.5. The predicted octanol–water partition coefficient (Wildman–Crippen LogP) is 1.57. The smallest absolute Gasteiger partial charge is 0.217 e. The van der Waals surface area contributed by atoms with Crippen LogP contribution in [-0.4, -0.2) is 37.5 Å². The molecule has 0 radical (unpaired) electrons. The second-order valence-electron chi connectivity index (χ2n) is 4.56. The molecule has 0 saturated heterocycles. The van der Waals surface area contributed by atoms with Crippen LogP contribution < -0.4 is 5.32 Å². The minimum atomic E-state index is -0.580. The van der Waals surface area contributed by atoms with Crippen molar-refractivity contribution in [3.63, 3.8) is 0 Å². The Morgan fingerprint density at radius 3 is 2.33 bits per heavy atom. The SMILES string of the molecule is CC(=O)NC(Cc1c(F)cccc1F)CN(C)C. The number of rotatable bonds is 5. The van der Waals surface area contributed by atoms with E-state index in [4.69, 9.17) is 0 Å². The summed E-state index contributed by atoms with van der Waals surface area (Å²) < 4.78 is 27.0. The van der Waals surface area contributed by atoms with Gasteiger partial charge in [-0.25, -0.2) is 8.78 Å². The Morgan fingerprint density at radius 2 is 1.89 bits per heavy atom. The van der Waals surface area contributed by atoms with E-state index in [1.54, 1.807) is 0 Å². The summed E-state index contributed by atoms with van der Waals surface area (Å²) >= 11 is 0. The molecule has 1 atom stereocenters. The first-order chi connectivity index (χ1) is 8.40. The number of nitrogens with zero attached hydrogens (tertiary/aromatic N) is 1. The van der Waals surface area contributed by atoms with Gasteiger partial charge in [0.1, 0.15) is 11.6 Å². The fraction of sp³-hybridized carbons (Fsp3) is 0.462. The Bertz CT molecular complexity index is 401. The molecule has 0 heterocycles. The zero-order chi connectivity index (χ0) is 13.7. The third-order valence-corrected chi connectivity index (χ3v) is 2.51. The standard InChI is InChI=1S/C13H18F2N2O/c1-9(18)16-10(8-17(2)3)7-11-12(14)5-4-6-13(11)15/h4-6,10H,7-8H2,1-3H3,(H,16,18). The van der Waals surface area contributed by atoms with E-state index in [0.29, 0.717) is 6.54 Å². The van der Waals surface area contributed by atoms with Gasteiger partial charge in [0.15, 0.2) is 0 Å². The summed E-state index contributed by atoms with van der Waals surface area (Å²) in [5.41, 5.74) is 0.0121. The third kappa shape index (κ3) is 4.41. The fourth-order valence-corrected chi connectivity index (χ4v) is 1.86. The number of likely N-dealkylation sites (N-methyl/N-ethyl adjacent to an activating group) is 1. The number of carbonyl (C=O) groups excluding carboxylic acids is 1. The highest BCUT2D eigenvalue weighted by atomic mass is 19.1. The molecule has 1 aromatic rings. The van der Waals surface area contributed by atoms with E-state index < -0.39 is 11.6 Å². The van der Waals surface area contributed by atoms with Gasteiger partial charge >= 0.3 is 0 Å². The van der Waals surface area contributed by atoms with E-state index in [0.717, 1.165) is 0 Å². The van der Waals surface area contributed by atoms with Crippen molar-refractivity contribution < 1.29 is 13.6 Å². The summed E-state index contributed by atoms with van der Waals surface area (Å²) in [6.07, 6.45) is 0.135. The largest absolute Gasteiger partial charge is 0.352 e. The lowest BCUT2D eigenvalue weighted by Crippen LogP contribution is -2.42. The van der Waals surface area contributed by atoms with E-state index in [1.165, 1.54) is 25.1 Å². The molecule has 100 valence electrons. The molecule has 1 unspecified atom stereocenters. The van der Waals surface area contributed by atoms with Gasteiger partial charge in [0.25, 0.3) is 0 Å². The highest BCUT2D eigenvalue weighted by molar-refractivity contribution is 5.73. The van der Waals surface area contributed by atoms with E-state index in [-0.39, 0.29) is 23.9 Å². The summed E-state index contributed by atoms with van der Waals surface area (Å²) in [7, 11) is 3.68. The average molecular weight is 256 g/mol. The fourth-order valence-electron chi connectivity index (χ4n) is 1.86. The number of benzene rings is 1. The number of amides is 1. The minimum Gasteiger partial charge on any atom is -0.352 e. The molecule has 3 nitrogen and oxygen atoms in total. The molecule has 18 heavy (non-hydrogen) atoms. The normalized spacial score (nSPS) is 12.6. The van der Waals surface area contributed by atoms with Crippen LogP contribution in [0.4, 0.5) is 8.78 Å². The molecule has 1 aromatic carbocycles. The van der Waals surface area contributed by atoms with Crippen LogP contribution in [0.3, 0.4) is 0 Å². The van der Waals surface area contributed by atoms with Crippen LogP contribution in [0.1, 0.15) is 12.5 Å². The Labute approximate surface area is 106 Å². The van der Waals surface area contributed by atoms with Crippen LogP contribution >= 0.6 is 0 Å². The van der Waals surface area contributed by atoms with Crippen LogP contribution in [0.5, 0.6) is 0 Å². The molecule has 0 fully saturated rings. The number of halogens is 2. The van der Waals surface area contributed by atoms with Crippen molar-refractivity contribution in [3.8, 4) is 0 Å². The van der Waals surface area contributed by atoms with E-state index in [1.807, 2.05) is 19.0 Å². The number of hydrogen-bond donors (Lipinski definition) is 1. The van der Waals surface area contributed by atoms with Crippen molar-refractivity contribution in [2.75, 3.05) is 20.6 Å². The zero-order valence-corrected chi connectivity index (χ0v) is 10.8. The van der Waals surface area contributed by atoms with Gasteiger partial charge in [0.05, 0.1) is 0 Å². The lowest BCUT2D eigenvalue weighted by molar-refractivity contribution is -0.119. The first kappa shape index (κ1) is 14.6. The minimum absolute atomic E-state index is 0.0121. The molecule has 1 N–H and O–H groups in total. The van der Waals surface area contributed by atoms with Crippen molar-refractivity contribution in [3.05, 3.63) is 35.4 Å². The van der Waals surface area contributed by atoms with Crippen molar-refractivity contribution in [2.24, 2.45) is 0 Å². The molecular formula is C13H18F2N2O.